The van der Waals surface area contributed by atoms with Crippen LogP contribution in [-0.4, -0.2) is 15.2 Å². The Hall–Kier alpha value is -0.323. The smallest absolute Gasteiger partial charge is 0.392 e. The van der Waals surface area contributed by atoms with Crippen molar-refractivity contribution in [2.24, 2.45) is 0 Å². The van der Waals surface area contributed by atoms with Crippen molar-refractivity contribution in [1.29, 1.82) is 0 Å². The Balaban J connectivity index is 2.00. The van der Waals surface area contributed by atoms with Crippen LogP contribution in [0.3, 0.4) is 0 Å². The van der Waals surface area contributed by atoms with Crippen LogP contribution in [0.1, 0.15) is 71.1 Å². The summed E-state index contributed by atoms with van der Waals surface area (Å²) in [6.07, 6.45) is 13.5. The average Bonchev–Trinajstić information content (AvgIpc) is 2.54. The van der Waals surface area contributed by atoms with E-state index in [4.69, 9.17) is 8.85 Å². The number of unbranched alkanes of at least 4 members (excludes halogenated alkanes) is 9. The molecular weight excluding hydrogens is 380 g/mol. The van der Waals surface area contributed by atoms with Crippen molar-refractivity contribution in [3.8, 4) is 5.75 Å². The van der Waals surface area contributed by atoms with Gasteiger partial charge >= 0.3 is 8.56 Å². The molecule has 0 unspecified atom stereocenters. The third kappa shape index (κ3) is 11.3. The van der Waals surface area contributed by atoms with E-state index in [1.165, 1.54) is 57.8 Å². The maximum Gasteiger partial charge on any atom is 0.392 e. The van der Waals surface area contributed by atoms with Gasteiger partial charge < -0.3 is 8.85 Å². The number of rotatable bonds is 14. The minimum Gasteiger partial charge on any atom is -0.520 e. The van der Waals surface area contributed by atoms with E-state index in [1.807, 2.05) is 24.3 Å². The monoisotopic (exact) mass is 414 g/mol. The van der Waals surface area contributed by atoms with E-state index in [9.17, 15) is 0 Å². The summed E-state index contributed by atoms with van der Waals surface area (Å²) in [4.78, 5) is 0. The summed E-state index contributed by atoms with van der Waals surface area (Å²) in [6, 6.07) is 7.98. The van der Waals surface area contributed by atoms with Crippen LogP contribution in [0.25, 0.3) is 0 Å². The van der Waals surface area contributed by atoms with E-state index in [0.29, 0.717) is 0 Å². The predicted molar refractivity (Wildman–Crippen MR) is 110 cm³/mol. The van der Waals surface area contributed by atoms with E-state index >= 15 is 0 Å². The molecule has 0 aliphatic carbocycles. The Morgan fingerprint density at radius 3 is 1.83 bits per heavy atom. The fourth-order valence-corrected chi connectivity index (χ4v) is 4.39. The van der Waals surface area contributed by atoms with Gasteiger partial charge in [0, 0.05) is 11.1 Å². The minimum atomic E-state index is -2.07. The van der Waals surface area contributed by atoms with E-state index in [2.05, 4.69) is 35.9 Å². The van der Waals surface area contributed by atoms with Gasteiger partial charge in [0.2, 0.25) is 0 Å². The summed E-state index contributed by atoms with van der Waals surface area (Å²) >= 11 is 3.44. The second kappa shape index (κ2) is 13.0. The standard InChI is InChI=1S/C20H35BrO2Si/c1-4-5-6-7-8-9-10-11-12-13-18-22-24(2,3)23-20-16-14-19(21)15-17-20/h14-17H,4-13,18H2,1-3H3. The quantitative estimate of drug-likeness (QED) is 0.232. The van der Waals surface area contributed by atoms with Crippen molar-refractivity contribution in [3.05, 3.63) is 28.7 Å². The van der Waals surface area contributed by atoms with E-state index in [-0.39, 0.29) is 0 Å². The molecule has 1 aromatic carbocycles. The van der Waals surface area contributed by atoms with Gasteiger partial charge in [-0.05, 0) is 43.8 Å². The lowest BCUT2D eigenvalue weighted by molar-refractivity contribution is 0.240. The number of hydrogen-bond acceptors (Lipinski definition) is 2. The van der Waals surface area contributed by atoms with Crippen molar-refractivity contribution < 1.29 is 8.85 Å². The van der Waals surface area contributed by atoms with Crippen LogP contribution in [0.5, 0.6) is 5.75 Å². The fourth-order valence-electron chi connectivity index (χ4n) is 2.72. The van der Waals surface area contributed by atoms with Crippen molar-refractivity contribution in [2.75, 3.05) is 6.61 Å². The first kappa shape index (κ1) is 21.7. The molecule has 0 saturated heterocycles. The summed E-state index contributed by atoms with van der Waals surface area (Å²) in [7, 11) is -2.07. The highest BCUT2D eigenvalue weighted by atomic mass is 79.9. The first-order valence-electron chi connectivity index (χ1n) is 9.62. The molecule has 0 bridgehead atoms. The Morgan fingerprint density at radius 2 is 1.29 bits per heavy atom. The van der Waals surface area contributed by atoms with Gasteiger partial charge in [-0.1, -0.05) is 80.6 Å². The molecule has 0 amide bonds. The van der Waals surface area contributed by atoms with E-state index in [1.54, 1.807) is 0 Å². The summed E-state index contributed by atoms with van der Waals surface area (Å²) in [5, 5.41) is 0. The maximum absolute atomic E-state index is 6.04. The lowest BCUT2D eigenvalue weighted by Gasteiger charge is -2.24. The summed E-state index contributed by atoms with van der Waals surface area (Å²) in [5.41, 5.74) is 0. The van der Waals surface area contributed by atoms with Crippen LogP contribution in [-0.2, 0) is 4.43 Å². The van der Waals surface area contributed by atoms with Crippen molar-refractivity contribution in [2.45, 2.75) is 84.2 Å². The molecule has 0 saturated carbocycles. The van der Waals surface area contributed by atoms with Gasteiger partial charge in [-0.2, -0.15) is 0 Å². The Morgan fingerprint density at radius 1 is 0.792 bits per heavy atom. The Labute approximate surface area is 158 Å². The molecule has 0 N–H and O–H groups in total. The normalized spacial score (nSPS) is 11.7. The van der Waals surface area contributed by atoms with Crippen LogP contribution in [0.2, 0.25) is 13.1 Å². The number of hydrogen-bond donors (Lipinski definition) is 0. The van der Waals surface area contributed by atoms with E-state index in [0.717, 1.165) is 23.2 Å². The van der Waals surface area contributed by atoms with Gasteiger partial charge in [-0.25, -0.2) is 0 Å². The molecule has 24 heavy (non-hydrogen) atoms. The van der Waals surface area contributed by atoms with Gasteiger partial charge in [-0.15, -0.1) is 0 Å². The van der Waals surface area contributed by atoms with E-state index < -0.39 is 8.56 Å². The highest BCUT2D eigenvalue weighted by Gasteiger charge is 2.26. The van der Waals surface area contributed by atoms with Crippen LogP contribution >= 0.6 is 15.9 Å². The molecule has 0 aliphatic rings. The van der Waals surface area contributed by atoms with Crippen molar-refractivity contribution >= 4 is 24.5 Å². The molecular formula is C20H35BrO2Si. The van der Waals surface area contributed by atoms with Crippen LogP contribution in [0, 0.1) is 0 Å². The number of benzene rings is 1. The Bertz CT molecular complexity index is 420. The first-order chi connectivity index (χ1) is 11.5. The van der Waals surface area contributed by atoms with Gasteiger partial charge in [0.15, 0.2) is 0 Å². The molecule has 0 atom stereocenters. The molecule has 0 aromatic heterocycles. The molecule has 0 radical (unpaired) electrons. The largest absolute Gasteiger partial charge is 0.520 e. The highest BCUT2D eigenvalue weighted by molar-refractivity contribution is 9.10. The SMILES string of the molecule is CCCCCCCCCCCCO[Si](C)(C)Oc1ccc(Br)cc1. The maximum atomic E-state index is 6.04. The molecule has 0 fully saturated rings. The number of halogens is 1. The second-order valence-electron chi connectivity index (χ2n) is 6.99. The molecule has 0 aliphatic heterocycles. The van der Waals surface area contributed by atoms with Crippen molar-refractivity contribution in [1.82, 2.24) is 0 Å². The van der Waals surface area contributed by atoms with Crippen molar-refractivity contribution in [3.63, 3.8) is 0 Å². The topological polar surface area (TPSA) is 18.5 Å². The lowest BCUT2D eigenvalue weighted by Crippen LogP contribution is -2.38. The average molecular weight is 415 g/mol. The van der Waals surface area contributed by atoms with Gasteiger partial charge in [0.1, 0.15) is 5.75 Å². The molecule has 138 valence electrons. The molecule has 1 aromatic rings. The Kier molecular flexibility index (Phi) is 11.7. The van der Waals surface area contributed by atoms with Gasteiger partial charge in [0.25, 0.3) is 0 Å². The molecule has 2 nitrogen and oxygen atoms in total. The van der Waals surface area contributed by atoms with Gasteiger partial charge in [0.05, 0.1) is 0 Å². The fraction of sp³-hybridized carbons (Fsp3) is 0.700. The summed E-state index contributed by atoms with van der Waals surface area (Å²) < 4.78 is 13.2. The molecule has 0 heterocycles. The minimum absolute atomic E-state index is 0.826. The third-order valence-corrected chi connectivity index (χ3v) is 6.28. The molecule has 4 heteroatoms. The molecule has 1 rings (SSSR count). The lowest BCUT2D eigenvalue weighted by atomic mass is 10.1. The first-order valence-corrected chi connectivity index (χ1v) is 13.2. The zero-order valence-corrected chi connectivity index (χ0v) is 18.4. The summed E-state index contributed by atoms with van der Waals surface area (Å²) in [6.45, 7) is 7.33. The highest BCUT2D eigenvalue weighted by Crippen LogP contribution is 2.20. The van der Waals surface area contributed by atoms with Crippen LogP contribution < -0.4 is 4.43 Å². The van der Waals surface area contributed by atoms with Crippen LogP contribution in [0.15, 0.2) is 28.7 Å². The van der Waals surface area contributed by atoms with Gasteiger partial charge in [-0.3, -0.25) is 0 Å². The zero-order chi connectivity index (χ0) is 17.7. The predicted octanol–water partition coefficient (Wildman–Crippen LogP) is 7.47. The second-order valence-corrected chi connectivity index (χ2v) is 11.2. The zero-order valence-electron chi connectivity index (χ0n) is 15.8. The third-order valence-electron chi connectivity index (χ3n) is 4.12. The summed E-state index contributed by atoms with van der Waals surface area (Å²) in [5.74, 6) is 0.901. The molecule has 0 spiro atoms. The van der Waals surface area contributed by atoms with Crippen LogP contribution in [0.4, 0.5) is 0 Å².